The predicted molar refractivity (Wildman–Crippen MR) is 111 cm³/mol. The lowest BCUT2D eigenvalue weighted by Crippen LogP contribution is -2.51. The first-order chi connectivity index (χ1) is 14.5. The summed E-state index contributed by atoms with van der Waals surface area (Å²) in [7, 11) is 1.75. The van der Waals surface area contributed by atoms with Gasteiger partial charge in [0.05, 0.1) is 18.0 Å². The number of carbonyl (C=O) groups excluding carboxylic acids is 2. The normalized spacial score (nSPS) is 22.2. The van der Waals surface area contributed by atoms with E-state index in [9.17, 15) is 14.4 Å². The molecule has 1 aromatic heterocycles. The molecular formula is C23H25N3O4. The Morgan fingerprint density at radius 2 is 1.93 bits per heavy atom. The van der Waals surface area contributed by atoms with Crippen LogP contribution in [-0.2, 0) is 9.59 Å². The van der Waals surface area contributed by atoms with Crippen molar-refractivity contribution in [2.45, 2.75) is 44.2 Å². The van der Waals surface area contributed by atoms with Crippen molar-refractivity contribution in [2.24, 2.45) is 5.92 Å². The van der Waals surface area contributed by atoms with Crippen molar-refractivity contribution in [1.29, 1.82) is 0 Å². The fourth-order valence-electron chi connectivity index (χ4n) is 4.95. The number of hydrogen-bond donors (Lipinski definition) is 1. The molecule has 1 aliphatic heterocycles. The lowest BCUT2D eigenvalue weighted by atomic mass is 9.81. The number of benzene rings is 1. The molecule has 3 atom stereocenters. The van der Waals surface area contributed by atoms with Gasteiger partial charge in [-0.15, -0.1) is 0 Å². The number of carbonyl (C=O) groups is 3. The van der Waals surface area contributed by atoms with E-state index in [1.165, 1.54) is 0 Å². The summed E-state index contributed by atoms with van der Waals surface area (Å²) in [5.41, 5.74) is 2.30. The van der Waals surface area contributed by atoms with Crippen LogP contribution in [0.3, 0.4) is 0 Å². The Kier molecular flexibility index (Phi) is 5.53. The van der Waals surface area contributed by atoms with Gasteiger partial charge in [0.2, 0.25) is 5.91 Å². The number of pyridine rings is 1. The first-order valence-electron chi connectivity index (χ1n) is 10.3. The Labute approximate surface area is 175 Å². The van der Waals surface area contributed by atoms with Crippen LogP contribution in [0.5, 0.6) is 0 Å². The zero-order chi connectivity index (χ0) is 21.3. The van der Waals surface area contributed by atoms with Gasteiger partial charge in [0.1, 0.15) is 0 Å². The largest absolute Gasteiger partial charge is 0.481 e. The van der Waals surface area contributed by atoms with Crippen LogP contribution in [0.2, 0.25) is 0 Å². The standard InChI is InChI=1S/C23H25N3O4/c1-25(20(27)11-12-21(28)29)22-16-7-2-3-9-18(16)26(19-10-4-8-17(19)22)23(30)15-6-5-13-24-14-15/h2-3,5-7,9,13-14,17,19,22H,4,8,10-12H2,1H3,(H,28,29). The van der Waals surface area contributed by atoms with E-state index in [1.807, 2.05) is 29.2 Å². The minimum Gasteiger partial charge on any atom is -0.481 e. The molecule has 156 valence electrons. The molecule has 0 saturated heterocycles. The third-order valence-corrected chi connectivity index (χ3v) is 6.27. The van der Waals surface area contributed by atoms with Gasteiger partial charge >= 0.3 is 5.97 Å². The highest BCUT2D eigenvalue weighted by molar-refractivity contribution is 6.07. The monoisotopic (exact) mass is 407 g/mol. The Bertz CT molecular complexity index is 962. The van der Waals surface area contributed by atoms with E-state index in [-0.39, 0.29) is 42.7 Å². The van der Waals surface area contributed by atoms with Crippen molar-refractivity contribution in [3.05, 3.63) is 59.9 Å². The van der Waals surface area contributed by atoms with E-state index in [2.05, 4.69) is 4.98 Å². The van der Waals surface area contributed by atoms with Crippen LogP contribution in [0.1, 0.15) is 54.1 Å². The van der Waals surface area contributed by atoms with Gasteiger partial charge in [-0.2, -0.15) is 0 Å². The zero-order valence-electron chi connectivity index (χ0n) is 16.9. The maximum absolute atomic E-state index is 13.4. The Morgan fingerprint density at radius 3 is 2.67 bits per heavy atom. The molecule has 7 nitrogen and oxygen atoms in total. The highest BCUT2D eigenvalue weighted by Crippen LogP contribution is 2.50. The lowest BCUT2D eigenvalue weighted by Gasteiger charge is -2.46. The Balaban J connectivity index is 1.73. The van der Waals surface area contributed by atoms with Crippen molar-refractivity contribution < 1.29 is 19.5 Å². The van der Waals surface area contributed by atoms with E-state index in [0.717, 1.165) is 30.5 Å². The molecule has 2 aliphatic rings. The first kappa shape index (κ1) is 20.1. The molecule has 2 aromatic rings. The number of anilines is 1. The maximum Gasteiger partial charge on any atom is 0.303 e. The van der Waals surface area contributed by atoms with Gasteiger partial charge in [-0.05, 0) is 36.6 Å². The molecule has 30 heavy (non-hydrogen) atoms. The van der Waals surface area contributed by atoms with Crippen LogP contribution in [0.15, 0.2) is 48.8 Å². The van der Waals surface area contributed by atoms with Crippen LogP contribution in [-0.4, -0.2) is 45.9 Å². The van der Waals surface area contributed by atoms with Gasteiger partial charge in [-0.25, -0.2) is 0 Å². The molecular weight excluding hydrogens is 382 g/mol. The Hall–Kier alpha value is -3.22. The Morgan fingerprint density at radius 1 is 1.13 bits per heavy atom. The van der Waals surface area contributed by atoms with Gasteiger partial charge in [0, 0.05) is 43.5 Å². The molecule has 1 aromatic carbocycles. The van der Waals surface area contributed by atoms with Crippen molar-refractivity contribution >= 4 is 23.5 Å². The molecule has 2 heterocycles. The SMILES string of the molecule is CN(C(=O)CCC(=O)O)C1c2ccccc2N(C(=O)c2cccnc2)C2CCCC12. The van der Waals surface area contributed by atoms with E-state index in [0.29, 0.717) is 5.56 Å². The van der Waals surface area contributed by atoms with Gasteiger partial charge in [0.15, 0.2) is 0 Å². The summed E-state index contributed by atoms with van der Waals surface area (Å²) in [5, 5.41) is 8.95. The summed E-state index contributed by atoms with van der Waals surface area (Å²) in [4.78, 5) is 44.8. The molecule has 7 heteroatoms. The number of carboxylic acids is 1. The average molecular weight is 407 g/mol. The second kappa shape index (κ2) is 8.26. The van der Waals surface area contributed by atoms with Gasteiger partial charge in [-0.1, -0.05) is 24.6 Å². The van der Waals surface area contributed by atoms with Gasteiger partial charge in [0.25, 0.3) is 5.91 Å². The molecule has 0 bridgehead atoms. The van der Waals surface area contributed by atoms with Crippen LogP contribution >= 0.6 is 0 Å². The molecule has 1 N–H and O–H groups in total. The average Bonchev–Trinajstić information content (AvgIpc) is 3.24. The second-order valence-electron chi connectivity index (χ2n) is 7.98. The topological polar surface area (TPSA) is 90.8 Å². The minimum atomic E-state index is -0.979. The zero-order valence-corrected chi connectivity index (χ0v) is 16.9. The molecule has 1 fully saturated rings. The minimum absolute atomic E-state index is 0.00710. The summed E-state index contributed by atoms with van der Waals surface area (Å²) in [5.74, 6) is -1.13. The number of hydrogen-bond acceptors (Lipinski definition) is 4. The molecule has 0 spiro atoms. The molecule has 1 aliphatic carbocycles. The smallest absolute Gasteiger partial charge is 0.303 e. The van der Waals surface area contributed by atoms with E-state index >= 15 is 0 Å². The summed E-state index contributed by atoms with van der Waals surface area (Å²) >= 11 is 0. The maximum atomic E-state index is 13.4. The third-order valence-electron chi connectivity index (χ3n) is 6.27. The third kappa shape index (κ3) is 3.56. The lowest BCUT2D eigenvalue weighted by molar-refractivity contribution is -0.141. The summed E-state index contributed by atoms with van der Waals surface area (Å²) in [6.45, 7) is 0. The number of fused-ring (bicyclic) bond motifs is 2. The fraction of sp³-hybridized carbons (Fsp3) is 0.391. The predicted octanol–water partition coefficient (Wildman–Crippen LogP) is 3.28. The summed E-state index contributed by atoms with van der Waals surface area (Å²) < 4.78 is 0. The van der Waals surface area contributed by atoms with Crippen molar-refractivity contribution in [3.63, 3.8) is 0 Å². The number of rotatable bonds is 5. The molecule has 4 rings (SSSR count). The van der Waals surface area contributed by atoms with E-state index < -0.39 is 5.97 Å². The number of carboxylic acid groups (broad SMARTS) is 1. The second-order valence-corrected chi connectivity index (χ2v) is 7.98. The quantitative estimate of drug-likeness (QED) is 0.821. The van der Waals surface area contributed by atoms with Gasteiger partial charge < -0.3 is 14.9 Å². The van der Waals surface area contributed by atoms with Crippen molar-refractivity contribution in [2.75, 3.05) is 11.9 Å². The number of para-hydroxylation sites is 1. The van der Waals surface area contributed by atoms with Crippen LogP contribution in [0, 0.1) is 5.92 Å². The summed E-state index contributed by atoms with van der Waals surface area (Å²) in [6, 6.07) is 11.1. The molecule has 0 radical (unpaired) electrons. The number of amides is 2. The van der Waals surface area contributed by atoms with Crippen molar-refractivity contribution in [1.82, 2.24) is 9.88 Å². The first-order valence-corrected chi connectivity index (χ1v) is 10.3. The highest BCUT2D eigenvalue weighted by Gasteiger charge is 2.48. The number of aromatic nitrogens is 1. The summed E-state index contributed by atoms with van der Waals surface area (Å²) in [6.07, 6.45) is 5.79. The highest BCUT2D eigenvalue weighted by atomic mass is 16.4. The van der Waals surface area contributed by atoms with Crippen LogP contribution in [0.4, 0.5) is 5.69 Å². The number of nitrogens with zero attached hydrogens (tertiary/aromatic N) is 3. The van der Waals surface area contributed by atoms with Gasteiger partial charge in [-0.3, -0.25) is 19.4 Å². The van der Waals surface area contributed by atoms with E-state index in [1.54, 1.807) is 36.5 Å². The van der Waals surface area contributed by atoms with E-state index in [4.69, 9.17) is 5.11 Å². The van der Waals surface area contributed by atoms with Crippen molar-refractivity contribution in [3.8, 4) is 0 Å². The van der Waals surface area contributed by atoms with Crippen LogP contribution < -0.4 is 4.90 Å². The number of aliphatic carboxylic acids is 1. The molecule has 1 saturated carbocycles. The fourth-order valence-corrected chi connectivity index (χ4v) is 4.95. The molecule has 3 unspecified atom stereocenters. The van der Waals surface area contributed by atoms with Crippen LogP contribution in [0.25, 0.3) is 0 Å². The molecule has 2 amide bonds.